The minimum atomic E-state index is -0.495. The highest BCUT2D eigenvalue weighted by Crippen LogP contribution is 2.22. The molecule has 0 aliphatic heterocycles. The van der Waals surface area contributed by atoms with Gasteiger partial charge in [0.25, 0.3) is 0 Å². The number of hydrogen-bond acceptors (Lipinski definition) is 5. The van der Waals surface area contributed by atoms with Crippen molar-refractivity contribution in [2.24, 2.45) is 0 Å². The first-order chi connectivity index (χ1) is 9.53. The second kappa shape index (κ2) is 7.33. The number of methoxy groups -OCH3 is 2. The standard InChI is InChI=1S/C15H18O5/c1-5-20-14(16)10(2)8-11-6-7-13(18-3)12(9-11)15(17)19-4/h6-7,9H,2,5,8H2,1,3-4H3. The third-order valence-corrected chi connectivity index (χ3v) is 2.65. The number of rotatable bonds is 6. The average Bonchev–Trinajstić information content (AvgIpc) is 2.46. The van der Waals surface area contributed by atoms with Crippen LogP contribution in [-0.2, 0) is 20.7 Å². The SMILES string of the molecule is C=C(Cc1ccc(OC)c(C(=O)OC)c1)C(=O)OCC. The Morgan fingerprint density at radius 1 is 1.25 bits per heavy atom. The smallest absolute Gasteiger partial charge is 0.341 e. The van der Waals surface area contributed by atoms with Crippen molar-refractivity contribution in [3.8, 4) is 5.75 Å². The molecule has 0 N–H and O–H groups in total. The van der Waals surface area contributed by atoms with E-state index in [1.165, 1.54) is 14.2 Å². The van der Waals surface area contributed by atoms with Crippen LogP contribution in [-0.4, -0.2) is 32.8 Å². The van der Waals surface area contributed by atoms with Crippen LogP contribution in [0.2, 0.25) is 0 Å². The zero-order chi connectivity index (χ0) is 15.1. The second-order valence-electron chi connectivity index (χ2n) is 4.03. The lowest BCUT2D eigenvalue weighted by atomic mass is 10.0. The molecule has 0 radical (unpaired) electrons. The molecule has 0 atom stereocenters. The summed E-state index contributed by atoms with van der Waals surface area (Å²) in [6, 6.07) is 5.03. The van der Waals surface area contributed by atoms with Crippen LogP contribution in [0.4, 0.5) is 0 Å². The maximum Gasteiger partial charge on any atom is 0.341 e. The molecule has 0 bridgehead atoms. The molecule has 1 rings (SSSR count). The monoisotopic (exact) mass is 278 g/mol. The summed E-state index contributed by atoms with van der Waals surface area (Å²) in [7, 11) is 2.77. The van der Waals surface area contributed by atoms with Crippen molar-refractivity contribution in [2.45, 2.75) is 13.3 Å². The van der Waals surface area contributed by atoms with Gasteiger partial charge in [0.2, 0.25) is 0 Å². The van der Waals surface area contributed by atoms with Gasteiger partial charge in [0, 0.05) is 12.0 Å². The Kier molecular flexibility index (Phi) is 5.77. The third kappa shape index (κ3) is 3.85. The Hall–Kier alpha value is -2.30. The fourth-order valence-electron chi connectivity index (χ4n) is 1.69. The molecule has 0 saturated heterocycles. The summed E-state index contributed by atoms with van der Waals surface area (Å²) in [5.41, 5.74) is 1.39. The van der Waals surface area contributed by atoms with E-state index in [4.69, 9.17) is 14.2 Å². The number of carbonyl (C=O) groups excluding carboxylic acids is 2. The third-order valence-electron chi connectivity index (χ3n) is 2.65. The predicted octanol–water partition coefficient (Wildman–Crippen LogP) is 2.14. The van der Waals surface area contributed by atoms with E-state index < -0.39 is 11.9 Å². The quantitative estimate of drug-likeness (QED) is 0.589. The van der Waals surface area contributed by atoms with Gasteiger partial charge in [0.15, 0.2) is 0 Å². The lowest BCUT2D eigenvalue weighted by Crippen LogP contribution is -2.10. The minimum absolute atomic E-state index is 0.298. The van der Waals surface area contributed by atoms with Gasteiger partial charge in [-0.25, -0.2) is 9.59 Å². The first-order valence-electron chi connectivity index (χ1n) is 6.13. The number of benzene rings is 1. The maximum atomic E-state index is 11.7. The molecule has 0 spiro atoms. The predicted molar refractivity (Wildman–Crippen MR) is 73.8 cm³/mol. The molecule has 0 unspecified atom stereocenters. The lowest BCUT2D eigenvalue weighted by molar-refractivity contribution is -0.138. The van der Waals surface area contributed by atoms with Crippen molar-refractivity contribution in [2.75, 3.05) is 20.8 Å². The van der Waals surface area contributed by atoms with Crippen LogP contribution >= 0.6 is 0 Å². The molecule has 0 aromatic heterocycles. The van der Waals surface area contributed by atoms with Crippen molar-refractivity contribution < 1.29 is 23.8 Å². The van der Waals surface area contributed by atoms with Gasteiger partial charge < -0.3 is 14.2 Å². The van der Waals surface area contributed by atoms with E-state index in [2.05, 4.69) is 6.58 Å². The first-order valence-corrected chi connectivity index (χ1v) is 6.13. The minimum Gasteiger partial charge on any atom is -0.496 e. The maximum absolute atomic E-state index is 11.7. The van der Waals surface area contributed by atoms with Crippen LogP contribution in [0, 0.1) is 0 Å². The Balaban J connectivity index is 2.95. The summed E-state index contributed by atoms with van der Waals surface area (Å²) in [4.78, 5) is 23.2. The van der Waals surface area contributed by atoms with Crippen LogP contribution in [0.15, 0.2) is 30.4 Å². The van der Waals surface area contributed by atoms with Crippen molar-refractivity contribution >= 4 is 11.9 Å². The van der Waals surface area contributed by atoms with E-state index in [-0.39, 0.29) is 0 Å². The first kappa shape index (κ1) is 15.8. The molecule has 0 aliphatic rings. The van der Waals surface area contributed by atoms with Crippen molar-refractivity contribution in [1.82, 2.24) is 0 Å². The zero-order valence-electron chi connectivity index (χ0n) is 11.9. The number of esters is 2. The zero-order valence-corrected chi connectivity index (χ0v) is 11.9. The molecule has 0 fully saturated rings. The summed E-state index contributed by atoms with van der Waals surface area (Å²) in [6.45, 7) is 5.71. The normalized spacial score (nSPS) is 9.75. The summed E-state index contributed by atoms with van der Waals surface area (Å²) >= 11 is 0. The fourth-order valence-corrected chi connectivity index (χ4v) is 1.69. The average molecular weight is 278 g/mol. The molecule has 5 nitrogen and oxygen atoms in total. The van der Waals surface area contributed by atoms with E-state index in [0.29, 0.717) is 29.9 Å². The molecule has 0 heterocycles. The molecule has 108 valence electrons. The van der Waals surface area contributed by atoms with Crippen molar-refractivity contribution in [3.63, 3.8) is 0 Å². The number of ether oxygens (including phenoxy) is 3. The molecule has 0 saturated carbocycles. The van der Waals surface area contributed by atoms with Gasteiger partial charge in [-0.15, -0.1) is 0 Å². The van der Waals surface area contributed by atoms with Crippen LogP contribution < -0.4 is 4.74 Å². The Labute approximate surface area is 118 Å². The summed E-state index contributed by atoms with van der Waals surface area (Å²) in [5, 5.41) is 0. The van der Waals surface area contributed by atoms with E-state index in [1.807, 2.05) is 0 Å². The van der Waals surface area contributed by atoms with Gasteiger partial charge in [-0.05, 0) is 24.6 Å². The van der Waals surface area contributed by atoms with Crippen LogP contribution in [0.3, 0.4) is 0 Å². The van der Waals surface area contributed by atoms with Gasteiger partial charge in [0.05, 0.1) is 20.8 Å². The molecule has 0 amide bonds. The molecule has 1 aromatic rings. The largest absolute Gasteiger partial charge is 0.496 e. The molecular weight excluding hydrogens is 260 g/mol. The van der Waals surface area contributed by atoms with E-state index in [9.17, 15) is 9.59 Å². The van der Waals surface area contributed by atoms with Crippen molar-refractivity contribution in [1.29, 1.82) is 0 Å². The lowest BCUT2D eigenvalue weighted by Gasteiger charge is -2.10. The Morgan fingerprint density at radius 3 is 2.50 bits per heavy atom. The summed E-state index contributed by atoms with van der Waals surface area (Å²) in [5.74, 6) is -0.518. The molecule has 0 aliphatic carbocycles. The van der Waals surface area contributed by atoms with Crippen LogP contribution in [0.5, 0.6) is 5.75 Å². The van der Waals surface area contributed by atoms with Crippen LogP contribution in [0.1, 0.15) is 22.8 Å². The molecule has 1 aromatic carbocycles. The van der Waals surface area contributed by atoms with Gasteiger partial charge in [-0.2, -0.15) is 0 Å². The molecule has 5 heteroatoms. The fraction of sp³-hybridized carbons (Fsp3) is 0.333. The van der Waals surface area contributed by atoms with Crippen LogP contribution in [0.25, 0.3) is 0 Å². The van der Waals surface area contributed by atoms with Crippen molar-refractivity contribution in [3.05, 3.63) is 41.5 Å². The topological polar surface area (TPSA) is 61.8 Å². The summed E-state index contributed by atoms with van der Waals surface area (Å²) in [6.07, 6.45) is 0.298. The highest BCUT2D eigenvalue weighted by molar-refractivity contribution is 5.93. The van der Waals surface area contributed by atoms with Gasteiger partial charge >= 0.3 is 11.9 Å². The molecular formula is C15H18O5. The number of carbonyl (C=O) groups is 2. The number of hydrogen-bond donors (Lipinski definition) is 0. The van der Waals surface area contributed by atoms with E-state index in [0.717, 1.165) is 5.56 Å². The van der Waals surface area contributed by atoms with Gasteiger partial charge in [0.1, 0.15) is 11.3 Å². The van der Waals surface area contributed by atoms with Gasteiger partial charge in [-0.1, -0.05) is 12.6 Å². The Bertz CT molecular complexity index is 519. The highest BCUT2D eigenvalue weighted by Gasteiger charge is 2.15. The molecule has 20 heavy (non-hydrogen) atoms. The van der Waals surface area contributed by atoms with Gasteiger partial charge in [-0.3, -0.25) is 0 Å². The highest BCUT2D eigenvalue weighted by atomic mass is 16.5. The summed E-state index contributed by atoms with van der Waals surface area (Å²) < 4.78 is 14.7. The second-order valence-corrected chi connectivity index (χ2v) is 4.03. The van der Waals surface area contributed by atoms with E-state index in [1.54, 1.807) is 25.1 Å². The Morgan fingerprint density at radius 2 is 1.95 bits per heavy atom. The van der Waals surface area contributed by atoms with E-state index >= 15 is 0 Å².